The molecule has 0 saturated heterocycles. The molecular formula is C19H18F4N2O4S. The molecule has 1 rings (SSSR count). The fourth-order valence-corrected chi connectivity index (χ4v) is 3.70. The lowest BCUT2D eigenvalue weighted by molar-refractivity contribution is -0.135. The summed E-state index contributed by atoms with van der Waals surface area (Å²) in [6, 6.07) is 5.11. The minimum absolute atomic E-state index is 0.0808. The van der Waals surface area contributed by atoms with E-state index in [1.807, 2.05) is 0 Å². The number of sulfone groups is 1. The maximum absolute atomic E-state index is 13.0. The fourth-order valence-electron chi connectivity index (χ4n) is 2.11. The Kier molecular flexibility index (Phi) is 8.09. The molecule has 162 valence electrons. The molecule has 0 aliphatic rings. The summed E-state index contributed by atoms with van der Waals surface area (Å²) in [4.78, 5) is 12.0. The van der Waals surface area contributed by atoms with E-state index in [0.717, 1.165) is 43.3 Å². The number of rotatable bonds is 7. The number of nitriles is 1. The number of carbonyl (C=O) groups is 1. The van der Waals surface area contributed by atoms with Gasteiger partial charge in [-0.1, -0.05) is 6.08 Å². The van der Waals surface area contributed by atoms with Crippen molar-refractivity contribution in [1.82, 2.24) is 5.32 Å². The summed E-state index contributed by atoms with van der Waals surface area (Å²) in [5, 5.41) is 21.2. The van der Waals surface area contributed by atoms with Crippen LogP contribution < -0.4 is 5.32 Å². The first kappa shape index (κ1) is 25.1. The first-order chi connectivity index (χ1) is 13.7. The van der Waals surface area contributed by atoms with Crippen molar-refractivity contribution in [2.45, 2.75) is 30.5 Å². The van der Waals surface area contributed by atoms with Gasteiger partial charge in [-0.05, 0) is 50.3 Å². The largest absolute Gasteiger partial charge is 0.411 e. The number of benzene rings is 1. The molecule has 0 aromatic heterocycles. The first-order valence-corrected chi connectivity index (χ1v) is 9.91. The number of halogens is 4. The van der Waals surface area contributed by atoms with Crippen molar-refractivity contribution >= 4 is 15.7 Å². The summed E-state index contributed by atoms with van der Waals surface area (Å²) in [6.45, 7) is 2.36. The average Bonchev–Trinajstić information content (AvgIpc) is 2.62. The zero-order valence-corrected chi connectivity index (χ0v) is 16.7. The Bertz CT molecular complexity index is 1020. The van der Waals surface area contributed by atoms with Gasteiger partial charge in [-0.15, -0.1) is 0 Å². The molecule has 0 radical (unpaired) electrons. The normalized spacial score (nSPS) is 15.5. The van der Waals surface area contributed by atoms with Crippen LogP contribution in [-0.4, -0.2) is 37.0 Å². The maximum atomic E-state index is 13.0. The Labute approximate surface area is 170 Å². The molecule has 2 N–H and O–H groups in total. The van der Waals surface area contributed by atoms with E-state index in [1.165, 1.54) is 19.1 Å². The number of hydrogen-bond donors (Lipinski definition) is 2. The highest BCUT2D eigenvalue weighted by molar-refractivity contribution is 7.91. The summed E-state index contributed by atoms with van der Waals surface area (Å²) in [7, 11) is -4.16. The van der Waals surface area contributed by atoms with Crippen LogP contribution in [0.1, 0.15) is 13.8 Å². The van der Waals surface area contributed by atoms with Crippen LogP contribution in [0.3, 0.4) is 0 Å². The summed E-state index contributed by atoms with van der Waals surface area (Å²) < 4.78 is 74.7. The number of hydrogen-bond acceptors (Lipinski definition) is 5. The van der Waals surface area contributed by atoms with Gasteiger partial charge in [-0.2, -0.15) is 18.4 Å². The summed E-state index contributed by atoms with van der Waals surface area (Å²) >= 11 is 0. The molecule has 0 aliphatic carbocycles. The second-order valence-electron chi connectivity index (χ2n) is 6.27. The minimum atomic E-state index is -4.72. The predicted molar refractivity (Wildman–Crippen MR) is 99.9 cm³/mol. The SMILES string of the molecule is CC=C(C=CC(C#N)=CC(F)(F)F)NC(=O)C(C)(O)CS(=O)(=O)c1ccc(F)cc1. The molecule has 1 unspecified atom stereocenters. The molecular weight excluding hydrogens is 428 g/mol. The smallest absolute Gasteiger partial charge is 0.379 e. The molecule has 1 amide bonds. The molecule has 0 fully saturated rings. The van der Waals surface area contributed by atoms with Gasteiger partial charge >= 0.3 is 6.18 Å². The summed E-state index contributed by atoms with van der Waals surface area (Å²) in [5.41, 5.74) is -3.24. The van der Waals surface area contributed by atoms with Gasteiger partial charge in [0.15, 0.2) is 15.4 Å². The maximum Gasteiger partial charge on any atom is 0.411 e. The van der Waals surface area contributed by atoms with Crippen LogP contribution >= 0.6 is 0 Å². The zero-order chi connectivity index (χ0) is 23.2. The number of carbonyl (C=O) groups excluding carboxylic acids is 1. The van der Waals surface area contributed by atoms with Gasteiger partial charge in [-0.3, -0.25) is 4.79 Å². The van der Waals surface area contributed by atoms with Gasteiger partial charge in [0.25, 0.3) is 5.91 Å². The third kappa shape index (κ3) is 7.81. The Balaban J connectivity index is 2.97. The molecule has 6 nitrogen and oxygen atoms in total. The van der Waals surface area contributed by atoms with Gasteiger partial charge < -0.3 is 10.4 Å². The highest BCUT2D eigenvalue weighted by atomic mass is 32.2. The molecule has 1 aromatic carbocycles. The minimum Gasteiger partial charge on any atom is -0.379 e. The van der Waals surface area contributed by atoms with Crippen molar-refractivity contribution in [1.29, 1.82) is 5.26 Å². The standard InChI is InChI=1S/C19H18F4N2O4S/c1-3-15(7-4-13(11-24)10-19(21,22)23)25-17(26)18(2,27)12-30(28,29)16-8-5-14(20)6-9-16/h3-10,27H,12H2,1-2H3,(H,25,26). The highest BCUT2D eigenvalue weighted by Crippen LogP contribution is 2.20. The van der Waals surface area contributed by atoms with E-state index >= 15 is 0 Å². The Morgan fingerprint density at radius 2 is 1.80 bits per heavy atom. The quantitative estimate of drug-likeness (QED) is 0.290. The lowest BCUT2D eigenvalue weighted by atomic mass is 10.1. The van der Waals surface area contributed by atoms with Crippen molar-refractivity contribution in [2.75, 3.05) is 5.75 Å². The van der Waals surface area contributed by atoms with E-state index in [9.17, 15) is 35.9 Å². The van der Waals surface area contributed by atoms with E-state index in [0.29, 0.717) is 0 Å². The Hall–Kier alpha value is -2.97. The molecule has 0 aliphatic heterocycles. The molecule has 1 aromatic rings. The molecule has 11 heteroatoms. The van der Waals surface area contributed by atoms with Crippen LogP contribution in [0.4, 0.5) is 17.6 Å². The van der Waals surface area contributed by atoms with Gasteiger partial charge in [0.05, 0.1) is 22.3 Å². The Morgan fingerprint density at radius 1 is 1.23 bits per heavy atom. The molecule has 0 bridgehead atoms. The highest BCUT2D eigenvalue weighted by Gasteiger charge is 2.36. The van der Waals surface area contributed by atoms with E-state index < -0.39 is 44.7 Å². The van der Waals surface area contributed by atoms with Crippen LogP contribution in [0.2, 0.25) is 0 Å². The van der Waals surface area contributed by atoms with E-state index in [1.54, 1.807) is 0 Å². The van der Waals surface area contributed by atoms with Crippen molar-refractivity contribution in [3.8, 4) is 6.07 Å². The van der Waals surface area contributed by atoms with Gasteiger partial charge in [0.1, 0.15) is 5.82 Å². The number of allylic oxidation sites excluding steroid dienone is 5. The molecule has 1 atom stereocenters. The number of nitrogens with one attached hydrogen (secondary N) is 1. The van der Waals surface area contributed by atoms with Crippen LogP contribution in [-0.2, 0) is 14.6 Å². The van der Waals surface area contributed by atoms with Crippen LogP contribution in [0.15, 0.2) is 64.7 Å². The summed E-state index contributed by atoms with van der Waals surface area (Å²) in [6.07, 6.45) is -1.89. The fraction of sp³-hybridized carbons (Fsp3) is 0.263. The third-order valence-electron chi connectivity index (χ3n) is 3.59. The second-order valence-corrected chi connectivity index (χ2v) is 8.26. The van der Waals surface area contributed by atoms with Gasteiger partial charge in [0, 0.05) is 11.8 Å². The predicted octanol–water partition coefficient (Wildman–Crippen LogP) is 2.94. The van der Waals surface area contributed by atoms with Crippen LogP contribution in [0, 0.1) is 17.1 Å². The lowest BCUT2D eigenvalue weighted by Crippen LogP contribution is -2.48. The molecule has 0 spiro atoms. The second kappa shape index (κ2) is 9.69. The lowest BCUT2D eigenvalue weighted by Gasteiger charge is -2.22. The Morgan fingerprint density at radius 3 is 2.27 bits per heavy atom. The van der Waals surface area contributed by atoms with Crippen molar-refractivity contribution in [3.05, 3.63) is 65.7 Å². The number of aliphatic hydroxyl groups is 1. The number of alkyl halides is 3. The molecule has 0 heterocycles. The van der Waals surface area contributed by atoms with Crippen LogP contribution in [0.25, 0.3) is 0 Å². The van der Waals surface area contributed by atoms with E-state index in [-0.39, 0.29) is 16.7 Å². The summed E-state index contributed by atoms with van der Waals surface area (Å²) in [5.74, 6) is -2.85. The molecule has 30 heavy (non-hydrogen) atoms. The number of nitrogens with zero attached hydrogens (tertiary/aromatic N) is 1. The van der Waals surface area contributed by atoms with Crippen molar-refractivity contribution in [3.63, 3.8) is 0 Å². The average molecular weight is 446 g/mol. The third-order valence-corrected chi connectivity index (χ3v) is 5.53. The topological polar surface area (TPSA) is 107 Å². The van der Waals surface area contributed by atoms with E-state index in [2.05, 4.69) is 5.32 Å². The monoisotopic (exact) mass is 446 g/mol. The molecule has 0 saturated carbocycles. The van der Waals surface area contributed by atoms with E-state index in [4.69, 9.17) is 5.26 Å². The zero-order valence-electron chi connectivity index (χ0n) is 15.9. The van der Waals surface area contributed by atoms with Crippen LogP contribution in [0.5, 0.6) is 0 Å². The first-order valence-electron chi connectivity index (χ1n) is 8.26. The van der Waals surface area contributed by atoms with Gasteiger partial charge in [0.2, 0.25) is 0 Å². The van der Waals surface area contributed by atoms with Crippen molar-refractivity contribution in [2.24, 2.45) is 0 Å². The van der Waals surface area contributed by atoms with Gasteiger partial charge in [-0.25, -0.2) is 12.8 Å². The number of amides is 1. The van der Waals surface area contributed by atoms with Crippen molar-refractivity contribution < 1.29 is 35.9 Å².